The Hall–Kier alpha value is -0.160. The fourth-order valence-electron chi connectivity index (χ4n) is 8.88. The highest BCUT2D eigenvalue weighted by molar-refractivity contribution is 5.16. The Morgan fingerprint density at radius 1 is 0.963 bits per heavy atom. The summed E-state index contributed by atoms with van der Waals surface area (Å²) in [5.41, 5.74) is 0.213. The molecule has 0 unspecified atom stereocenters. The summed E-state index contributed by atoms with van der Waals surface area (Å²) >= 11 is 0. The average molecular weight is 379 g/mol. The Balaban J connectivity index is 1.56. The van der Waals surface area contributed by atoms with Crippen LogP contribution in [0.1, 0.15) is 72.1 Å². The zero-order valence-corrected chi connectivity index (χ0v) is 17.3. The van der Waals surface area contributed by atoms with Crippen molar-refractivity contribution in [3.05, 3.63) is 0 Å². The van der Waals surface area contributed by atoms with Gasteiger partial charge in [0, 0.05) is 11.8 Å². The maximum atomic E-state index is 10.6. The van der Waals surface area contributed by atoms with Crippen molar-refractivity contribution in [2.75, 3.05) is 13.2 Å². The molecule has 154 valence electrons. The largest absolute Gasteiger partial charge is 0.393 e. The fraction of sp³-hybridized carbons (Fsp3) is 1.00. The lowest BCUT2D eigenvalue weighted by molar-refractivity contribution is -0.315. The van der Waals surface area contributed by atoms with E-state index in [4.69, 9.17) is 9.47 Å². The van der Waals surface area contributed by atoms with E-state index in [1.165, 1.54) is 19.3 Å². The minimum atomic E-state index is -0.516. The summed E-state index contributed by atoms with van der Waals surface area (Å²) in [5.74, 6) is 2.30. The van der Waals surface area contributed by atoms with Crippen LogP contribution in [0, 0.1) is 40.4 Å². The SMILES string of the molecule is C[C@@H](O)[C@@H]1CC[C@H]2[C@H]3CC[C@H]4C[C@@H](O)CC[C@]4(C)[C@@H]3CC3(OCCO3)[C@@]21C. The predicted octanol–water partition coefficient (Wildman–Crippen LogP) is 3.74. The van der Waals surface area contributed by atoms with E-state index in [9.17, 15) is 10.2 Å². The Kier molecular flexibility index (Phi) is 4.30. The number of rotatable bonds is 1. The second-order valence-electron chi connectivity index (χ2n) is 10.9. The molecule has 0 amide bonds. The standard InChI is InChI=1S/C23H38O4/c1-14(24)18-6-7-19-17-5-4-15-12-16(25)8-9-21(15,2)20(17)13-23(22(18,19)3)26-10-11-27-23/h14-20,24-25H,4-13H2,1-3H3/t14-,15+,16+,17-,18+,19+,20-,21+,22-/m1/s1. The van der Waals surface area contributed by atoms with Crippen LogP contribution in [-0.2, 0) is 9.47 Å². The minimum absolute atomic E-state index is 0.0871. The van der Waals surface area contributed by atoms with Gasteiger partial charge in [0.2, 0.25) is 0 Å². The first-order valence-electron chi connectivity index (χ1n) is 11.5. The predicted molar refractivity (Wildman–Crippen MR) is 103 cm³/mol. The molecule has 0 aromatic rings. The van der Waals surface area contributed by atoms with Crippen LogP contribution in [0.25, 0.3) is 0 Å². The van der Waals surface area contributed by atoms with Crippen LogP contribution in [0.4, 0.5) is 0 Å². The van der Waals surface area contributed by atoms with Crippen molar-refractivity contribution in [3.8, 4) is 0 Å². The van der Waals surface area contributed by atoms with E-state index in [0.717, 1.165) is 32.1 Å². The molecule has 1 saturated heterocycles. The van der Waals surface area contributed by atoms with E-state index in [2.05, 4.69) is 13.8 Å². The molecule has 4 aliphatic carbocycles. The summed E-state index contributed by atoms with van der Waals surface area (Å²) in [6.07, 6.45) is 8.47. The van der Waals surface area contributed by atoms with Gasteiger partial charge in [-0.15, -0.1) is 0 Å². The van der Waals surface area contributed by atoms with Gasteiger partial charge in [-0.3, -0.25) is 0 Å². The van der Waals surface area contributed by atoms with Gasteiger partial charge in [-0.25, -0.2) is 0 Å². The monoisotopic (exact) mass is 378 g/mol. The maximum absolute atomic E-state index is 10.6. The van der Waals surface area contributed by atoms with E-state index >= 15 is 0 Å². The first-order chi connectivity index (χ1) is 12.8. The lowest BCUT2D eigenvalue weighted by atomic mass is 9.43. The molecule has 27 heavy (non-hydrogen) atoms. The molecular weight excluding hydrogens is 340 g/mol. The molecular formula is C23H38O4. The molecule has 0 aromatic carbocycles. The van der Waals surface area contributed by atoms with E-state index in [1.54, 1.807) is 0 Å². The smallest absolute Gasteiger partial charge is 0.174 e. The molecule has 1 aliphatic heterocycles. The number of aliphatic hydroxyl groups excluding tert-OH is 2. The molecule has 1 heterocycles. The third kappa shape index (κ3) is 2.36. The highest BCUT2D eigenvalue weighted by Crippen LogP contribution is 2.71. The van der Waals surface area contributed by atoms with Crippen molar-refractivity contribution in [1.29, 1.82) is 0 Å². The maximum Gasteiger partial charge on any atom is 0.174 e. The van der Waals surface area contributed by atoms with Crippen LogP contribution in [0.5, 0.6) is 0 Å². The Bertz CT molecular complexity index is 585. The number of hydrogen-bond donors (Lipinski definition) is 2. The van der Waals surface area contributed by atoms with Gasteiger partial charge >= 0.3 is 0 Å². The molecule has 4 heteroatoms. The molecule has 1 spiro atoms. The number of aliphatic hydroxyl groups is 2. The molecule has 4 saturated carbocycles. The van der Waals surface area contributed by atoms with Gasteiger partial charge in [0.05, 0.1) is 25.4 Å². The minimum Gasteiger partial charge on any atom is -0.393 e. The van der Waals surface area contributed by atoms with Gasteiger partial charge in [0.1, 0.15) is 0 Å². The summed E-state index contributed by atoms with van der Waals surface area (Å²) < 4.78 is 13.0. The van der Waals surface area contributed by atoms with Crippen LogP contribution < -0.4 is 0 Å². The van der Waals surface area contributed by atoms with Gasteiger partial charge in [-0.1, -0.05) is 13.8 Å². The van der Waals surface area contributed by atoms with Crippen molar-refractivity contribution >= 4 is 0 Å². The quantitative estimate of drug-likeness (QED) is 0.730. The number of fused-ring (bicyclic) bond motifs is 6. The van der Waals surface area contributed by atoms with Gasteiger partial charge in [-0.05, 0) is 86.9 Å². The normalized spacial score (nSPS) is 55.0. The van der Waals surface area contributed by atoms with E-state index < -0.39 is 5.79 Å². The molecule has 4 nitrogen and oxygen atoms in total. The summed E-state index contributed by atoms with van der Waals surface area (Å²) in [6.45, 7) is 8.22. The van der Waals surface area contributed by atoms with E-state index in [0.29, 0.717) is 42.3 Å². The second kappa shape index (κ2) is 6.17. The van der Waals surface area contributed by atoms with Crippen molar-refractivity contribution in [1.82, 2.24) is 0 Å². The molecule has 5 fully saturated rings. The Labute approximate surface area is 164 Å². The number of ether oxygens (including phenoxy) is 2. The lowest BCUT2D eigenvalue weighted by Gasteiger charge is -2.65. The van der Waals surface area contributed by atoms with E-state index in [1.807, 2.05) is 6.92 Å². The zero-order valence-electron chi connectivity index (χ0n) is 17.3. The topological polar surface area (TPSA) is 58.9 Å². The number of hydrogen-bond acceptors (Lipinski definition) is 4. The molecule has 5 aliphatic rings. The van der Waals surface area contributed by atoms with Gasteiger partial charge in [-0.2, -0.15) is 0 Å². The van der Waals surface area contributed by atoms with Crippen LogP contribution in [0.3, 0.4) is 0 Å². The van der Waals surface area contributed by atoms with Crippen molar-refractivity contribution in [2.24, 2.45) is 40.4 Å². The van der Waals surface area contributed by atoms with Crippen molar-refractivity contribution < 1.29 is 19.7 Å². The molecule has 0 bridgehead atoms. The van der Waals surface area contributed by atoms with Crippen LogP contribution in [-0.4, -0.2) is 41.4 Å². The highest BCUT2D eigenvalue weighted by atomic mass is 16.7. The van der Waals surface area contributed by atoms with Crippen LogP contribution >= 0.6 is 0 Å². The van der Waals surface area contributed by atoms with E-state index in [-0.39, 0.29) is 23.5 Å². The summed E-state index contributed by atoms with van der Waals surface area (Å²) in [4.78, 5) is 0. The van der Waals surface area contributed by atoms with Gasteiger partial charge in [0.25, 0.3) is 0 Å². The third-order valence-corrected chi connectivity index (χ3v) is 10.2. The molecule has 0 aromatic heterocycles. The van der Waals surface area contributed by atoms with Crippen molar-refractivity contribution in [3.63, 3.8) is 0 Å². The summed E-state index contributed by atoms with van der Waals surface area (Å²) in [5, 5.41) is 20.9. The van der Waals surface area contributed by atoms with Crippen LogP contribution in [0.2, 0.25) is 0 Å². The van der Waals surface area contributed by atoms with Gasteiger partial charge in [0.15, 0.2) is 5.79 Å². The second-order valence-corrected chi connectivity index (χ2v) is 10.9. The van der Waals surface area contributed by atoms with Crippen LogP contribution in [0.15, 0.2) is 0 Å². The van der Waals surface area contributed by atoms with Crippen molar-refractivity contribution in [2.45, 2.75) is 90.1 Å². The molecule has 0 radical (unpaired) electrons. The lowest BCUT2D eigenvalue weighted by Crippen LogP contribution is -2.65. The highest BCUT2D eigenvalue weighted by Gasteiger charge is 2.71. The average Bonchev–Trinajstić information content (AvgIpc) is 3.23. The fourth-order valence-corrected chi connectivity index (χ4v) is 8.88. The Morgan fingerprint density at radius 3 is 2.41 bits per heavy atom. The molecule has 5 rings (SSSR count). The molecule has 9 atom stereocenters. The van der Waals surface area contributed by atoms with Gasteiger partial charge < -0.3 is 19.7 Å². The zero-order chi connectivity index (χ0) is 19.0. The summed E-state index contributed by atoms with van der Waals surface area (Å²) in [6, 6.07) is 0. The Morgan fingerprint density at radius 2 is 1.70 bits per heavy atom. The first kappa shape index (κ1) is 18.8. The molecule has 2 N–H and O–H groups in total. The first-order valence-corrected chi connectivity index (χ1v) is 11.5. The third-order valence-electron chi connectivity index (χ3n) is 10.2. The summed E-state index contributed by atoms with van der Waals surface area (Å²) in [7, 11) is 0.